The molecule has 140 valence electrons. The number of hydrogen-bond donors (Lipinski definition) is 1. The minimum Gasteiger partial charge on any atom is -0.393 e. The van der Waals surface area contributed by atoms with E-state index in [4.69, 9.17) is 0 Å². The lowest BCUT2D eigenvalue weighted by Gasteiger charge is -2.60. The Bertz CT molecular complexity index is 684. The molecule has 2 aromatic rings. The third kappa shape index (κ3) is 3.19. The average molecular weight is 372 g/mol. The van der Waals surface area contributed by atoms with Gasteiger partial charge < -0.3 is 5.11 Å². The van der Waals surface area contributed by atoms with Crippen molar-refractivity contribution in [2.75, 3.05) is 13.1 Å². The maximum atomic E-state index is 10.7. The van der Waals surface area contributed by atoms with E-state index < -0.39 is 0 Å². The number of rotatable bonds is 5. The summed E-state index contributed by atoms with van der Waals surface area (Å²) in [4.78, 5) is 2.68. The number of nitrogens with zero attached hydrogens (tertiary/aromatic N) is 1. The lowest BCUT2D eigenvalue weighted by molar-refractivity contribution is -0.0819. The molecular weight excluding hydrogens is 342 g/mol. The molecule has 0 radical (unpaired) electrons. The monoisotopic (exact) mass is 371 g/mol. The van der Waals surface area contributed by atoms with E-state index in [1.807, 2.05) is 0 Å². The standard InChI is InChI=1S/C23H29NO.ClH/c1-2-21(25)17-23(20-11-7-4-8-12-20)22(18-9-5-3-6-10-18)19-13-15-24(23)16-14-19;/h3-12,19,21-22,25H,2,13-17H2,1H3;1H. The molecular formula is C23H30ClNO. The normalized spacial score (nSPS) is 31.2. The molecule has 0 saturated carbocycles. The number of fused-ring (bicyclic) bond motifs is 3. The molecule has 26 heavy (non-hydrogen) atoms. The van der Waals surface area contributed by atoms with Gasteiger partial charge in [0.1, 0.15) is 0 Å². The average Bonchev–Trinajstić information content (AvgIpc) is 2.70. The van der Waals surface area contributed by atoms with Gasteiger partial charge in [0.25, 0.3) is 0 Å². The second-order valence-electron chi connectivity index (χ2n) is 7.77. The fourth-order valence-corrected chi connectivity index (χ4v) is 5.39. The maximum Gasteiger partial charge on any atom is 0.0558 e. The van der Waals surface area contributed by atoms with Gasteiger partial charge in [0.05, 0.1) is 11.6 Å². The molecule has 1 N–H and O–H groups in total. The molecule has 0 aliphatic carbocycles. The van der Waals surface area contributed by atoms with Crippen molar-refractivity contribution in [1.82, 2.24) is 4.90 Å². The van der Waals surface area contributed by atoms with Crippen LogP contribution in [0.2, 0.25) is 0 Å². The van der Waals surface area contributed by atoms with Crippen LogP contribution >= 0.6 is 12.4 Å². The summed E-state index contributed by atoms with van der Waals surface area (Å²) < 4.78 is 0. The topological polar surface area (TPSA) is 23.5 Å². The number of aliphatic hydroxyl groups excluding tert-OH is 1. The molecule has 3 aliphatic heterocycles. The Morgan fingerprint density at radius 2 is 1.58 bits per heavy atom. The van der Waals surface area contributed by atoms with E-state index in [9.17, 15) is 5.11 Å². The zero-order valence-corrected chi connectivity index (χ0v) is 16.4. The fourth-order valence-electron chi connectivity index (χ4n) is 5.39. The van der Waals surface area contributed by atoms with Gasteiger partial charge in [0.2, 0.25) is 0 Å². The van der Waals surface area contributed by atoms with Crippen molar-refractivity contribution in [3.8, 4) is 0 Å². The molecule has 2 bridgehead atoms. The highest BCUT2D eigenvalue weighted by Crippen LogP contribution is 2.56. The van der Waals surface area contributed by atoms with Crippen LogP contribution < -0.4 is 0 Å². The number of aliphatic hydroxyl groups is 1. The van der Waals surface area contributed by atoms with E-state index in [-0.39, 0.29) is 24.0 Å². The molecule has 3 unspecified atom stereocenters. The Labute approximate surface area is 163 Å². The summed E-state index contributed by atoms with van der Waals surface area (Å²) in [6, 6.07) is 22.0. The molecule has 0 amide bonds. The first-order valence-electron chi connectivity index (χ1n) is 9.79. The zero-order chi connectivity index (χ0) is 17.3. The van der Waals surface area contributed by atoms with Crippen molar-refractivity contribution in [2.24, 2.45) is 5.92 Å². The Kier molecular flexibility index (Phi) is 6.06. The molecule has 3 aliphatic rings. The Hall–Kier alpha value is -1.35. The van der Waals surface area contributed by atoms with E-state index in [2.05, 4.69) is 72.5 Å². The molecule has 0 spiro atoms. The molecule has 3 fully saturated rings. The van der Waals surface area contributed by atoms with E-state index in [0.717, 1.165) is 25.9 Å². The van der Waals surface area contributed by atoms with Crippen LogP contribution in [0.25, 0.3) is 0 Å². The second kappa shape index (κ2) is 8.12. The van der Waals surface area contributed by atoms with Crippen molar-refractivity contribution in [3.05, 3.63) is 71.8 Å². The van der Waals surface area contributed by atoms with Crippen molar-refractivity contribution in [3.63, 3.8) is 0 Å². The van der Waals surface area contributed by atoms with E-state index >= 15 is 0 Å². The summed E-state index contributed by atoms with van der Waals surface area (Å²) in [6.07, 6.45) is 3.93. The summed E-state index contributed by atoms with van der Waals surface area (Å²) >= 11 is 0. The minimum atomic E-state index is -0.259. The predicted molar refractivity (Wildman–Crippen MR) is 110 cm³/mol. The van der Waals surface area contributed by atoms with Crippen LogP contribution in [0, 0.1) is 5.92 Å². The molecule has 5 rings (SSSR count). The van der Waals surface area contributed by atoms with E-state index in [1.54, 1.807) is 0 Å². The van der Waals surface area contributed by atoms with Crippen molar-refractivity contribution >= 4 is 12.4 Å². The SMILES string of the molecule is CCC(O)CC1(c2ccccc2)C(c2ccccc2)C2CCN1CC2.Cl. The first kappa shape index (κ1) is 19.4. The van der Waals surface area contributed by atoms with Gasteiger partial charge in [-0.2, -0.15) is 0 Å². The van der Waals surface area contributed by atoms with Gasteiger partial charge in [-0.1, -0.05) is 67.6 Å². The van der Waals surface area contributed by atoms with Gasteiger partial charge in [-0.25, -0.2) is 0 Å². The Morgan fingerprint density at radius 1 is 1.00 bits per heavy atom. The largest absolute Gasteiger partial charge is 0.393 e. The van der Waals surface area contributed by atoms with Crippen LogP contribution in [0.1, 0.15) is 49.7 Å². The highest BCUT2D eigenvalue weighted by atomic mass is 35.5. The molecule has 3 heterocycles. The summed E-state index contributed by atoms with van der Waals surface area (Å²) in [7, 11) is 0. The van der Waals surface area contributed by atoms with Gasteiger partial charge >= 0.3 is 0 Å². The van der Waals surface area contributed by atoms with E-state index in [0.29, 0.717) is 11.8 Å². The summed E-state index contributed by atoms with van der Waals surface area (Å²) in [5.74, 6) is 1.16. The van der Waals surface area contributed by atoms with Crippen molar-refractivity contribution in [2.45, 2.75) is 50.2 Å². The third-order valence-electron chi connectivity index (χ3n) is 6.54. The summed E-state index contributed by atoms with van der Waals surface area (Å²) in [6.45, 7) is 4.40. The molecule has 3 atom stereocenters. The Morgan fingerprint density at radius 3 is 2.15 bits per heavy atom. The number of piperidine rings is 3. The zero-order valence-electron chi connectivity index (χ0n) is 15.6. The van der Waals surface area contributed by atoms with Gasteiger partial charge in [0.15, 0.2) is 0 Å². The fraction of sp³-hybridized carbons (Fsp3) is 0.478. The summed E-state index contributed by atoms with van der Waals surface area (Å²) in [5.41, 5.74) is 2.73. The smallest absolute Gasteiger partial charge is 0.0558 e. The summed E-state index contributed by atoms with van der Waals surface area (Å²) in [5, 5.41) is 10.7. The number of hydrogen-bond acceptors (Lipinski definition) is 2. The van der Waals surface area contributed by atoms with Gasteiger partial charge in [-0.05, 0) is 55.8 Å². The van der Waals surface area contributed by atoms with Crippen LogP contribution in [0.4, 0.5) is 0 Å². The molecule has 2 nitrogen and oxygen atoms in total. The van der Waals surface area contributed by atoms with Crippen LogP contribution in [0.3, 0.4) is 0 Å². The van der Waals surface area contributed by atoms with Crippen LogP contribution in [-0.2, 0) is 5.54 Å². The van der Waals surface area contributed by atoms with Crippen LogP contribution in [0.15, 0.2) is 60.7 Å². The first-order valence-corrected chi connectivity index (χ1v) is 9.79. The highest BCUT2D eigenvalue weighted by Gasteiger charge is 2.55. The molecule has 3 heteroatoms. The lowest BCUT2D eigenvalue weighted by Crippen LogP contribution is -2.61. The minimum absolute atomic E-state index is 0. The second-order valence-corrected chi connectivity index (χ2v) is 7.77. The predicted octanol–water partition coefficient (Wildman–Crippen LogP) is 4.97. The third-order valence-corrected chi connectivity index (χ3v) is 6.54. The highest BCUT2D eigenvalue weighted by molar-refractivity contribution is 5.85. The van der Waals surface area contributed by atoms with Crippen LogP contribution in [-0.4, -0.2) is 29.2 Å². The van der Waals surface area contributed by atoms with Gasteiger partial charge in [0, 0.05) is 5.92 Å². The Balaban J connectivity index is 0.00000196. The van der Waals surface area contributed by atoms with Gasteiger partial charge in [-0.15, -0.1) is 12.4 Å². The van der Waals surface area contributed by atoms with Crippen LogP contribution in [0.5, 0.6) is 0 Å². The quantitative estimate of drug-likeness (QED) is 0.801. The maximum absolute atomic E-state index is 10.7. The molecule has 2 aromatic carbocycles. The molecule has 3 saturated heterocycles. The molecule has 0 aromatic heterocycles. The van der Waals surface area contributed by atoms with Gasteiger partial charge in [-0.3, -0.25) is 4.90 Å². The van der Waals surface area contributed by atoms with Crippen molar-refractivity contribution in [1.29, 1.82) is 0 Å². The first-order chi connectivity index (χ1) is 12.3. The lowest BCUT2D eigenvalue weighted by atomic mass is 9.58. The number of halogens is 1. The number of benzene rings is 2. The van der Waals surface area contributed by atoms with Crippen molar-refractivity contribution < 1.29 is 5.11 Å². The van der Waals surface area contributed by atoms with E-state index in [1.165, 1.54) is 24.0 Å².